The third kappa shape index (κ3) is 5.86. The molecule has 0 aliphatic carbocycles. The third-order valence-corrected chi connectivity index (χ3v) is 3.87. The smallest absolute Gasteiger partial charge is 0.336 e. The summed E-state index contributed by atoms with van der Waals surface area (Å²) in [6, 6.07) is 7.16. The van der Waals surface area contributed by atoms with Gasteiger partial charge in [0.15, 0.2) is 11.5 Å². The fraction of sp³-hybridized carbons (Fsp3) is 0.250. The van der Waals surface area contributed by atoms with E-state index in [1.165, 1.54) is 38.5 Å². The Morgan fingerprint density at radius 2 is 1.86 bits per heavy atom. The number of halogens is 1. The van der Waals surface area contributed by atoms with E-state index >= 15 is 0 Å². The topological polar surface area (TPSA) is 97.1 Å². The SMILES string of the molecule is COc1ccc(OC(=O)/C=C/c2cc(Cl)c(OC(C)C)c(OC)c2)c([N+](=O)[O-])c1. The van der Waals surface area contributed by atoms with Crippen LogP contribution in [0.4, 0.5) is 5.69 Å². The lowest BCUT2D eigenvalue weighted by Gasteiger charge is -2.15. The van der Waals surface area contributed by atoms with Crippen molar-refractivity contribution in [3.8, 4) is 23.0 Å². The third-order valence-electron chi connectivity index (χ3n) is 3.59. The van der Waals surface area contributed by atoms with E-state index in [1.807, 2.05) is 13.8 Å². The van der Waals surface area contributed by atoms with Crippen LogP contribution >= 0.6 is 11.6 Å². The lowest BCUT2D eigenvalue weighted by molar-refractivity contribution is -0.385. The molecular weight excluding hydrogens is 402 g/mol. The molecule has 0 radical (unpaired) electrons. The maximum atomic E-state index is 12.1. The van der Waals surface area contributed by atoms with Gasteiger partial charge in [-0.2, -0.15) is 0 Å². The molecule has 29 heavy (non-hydrogen) atoms. The van der Waals surface area contributed by atoms with Crippen molar-refractivity contribution in [1.29, 1.82) is 0 Å². The van der Waals surface area contributed by atoms with E-state index in [4.69, 9.17) is 30.5 Å². The maximum Gasteiger partial charge on any atom is 0.336 e. The minimum Gasteiger partial charge on any atom is -0.496 e. The number of carbonyl (C=O) groups is 1. The molecule has 2 aromatic rings. The summed E-state index contributed by atoms with van der Waals surface area (Å²) in [5.74, 6) is 0.0952. The van der Waals surface area contributed by atoms with Gasteiger partial charge in [-0.05, 0) is 49.8 Å². The number of hydrogen-bond donors (Lipinski definition) is 0. The Hall–Kier alpha value is -3.26. The highest BCUT2D eigenvalue weighted by atomic mass is 35.5. The number of benzene rings is 2. The molecule has 0 N–H and O–H groups in total. The van der Waals surface area contributed by atoms with Crippen molar-refractivity contribution in [2.45, 2.75) is 20.0 Å². The second-order valence-electron chi connectivity index (χ2n) is 6.05. The summed E-state index contributed by atoms with van der Waals surface area (Å²) >= 11 is 6.24. The molecular formula is C20H20ClNO7. The average molecular weight is 422 g/mol. The van der Waals surface area contributed by atoms with Crippen molar-refractivity contribution in [2.24, 2.45) is 0 Å². The quantitative estimate of drug-likeness (QED) is 0.201. The van der Waals surface area contributed by atoms with Gasteiger partial charge in [-0.15, -0.1) is 0 Å². The minimum absolute atomic E-state index is 0.0990. The number of esters is 1. The summed E-state index contributed by atoms with van der Waals surface area (Å²) < 4.78 is 20.9. The van der Waals surface area contributed by atoms with Crippen LogP contribution in [0.25, 0.3) is 6.08 Å². The summed E-state index contributed by atoms with van der Waals surface area (Å²) in [6.07, 6.45) is 2.48. The zero-order valence-electron chi connectivity index (χ0n) is 16.3. The van der Waals surface area contributed by atoms with Crippen LogP contribution in [-0.4, -0.2) is 31.2 Å². The van der Waals surface area contributed by atoms with Gasteiger partial charge >= 0.3 is 11.7 Å². The van der Waals surface area contributed by atoms with Gasteiger partial charge in [0.05, 0.1) is 36.3 Å². The zero-order valence-corrected chi connectivity index (χ0v) is 17.1. The average Bonchev–Trinajstić information content (AvgIpc) is 2.67. The predicted octanol–water partition coefficient (Wildman–Crippen LogP) is 4.67. The standard InChI is InChI=1S/C20H20ClNO7/c1-12(2)28-20-15(21)9-13(10-18(20)27-4)5-8-19(23)29-17-7-6-14(26-3)11-16(17)22(24)25/h5-12H,1-4H3/b8-5+. The predicted molar refractivity (Wildman–Crippen MR) is 108 cm³/mol. The molecule has 0 saturated heterocycles. The molecule has 9 heteroatoms. The largest absolute Gasteiger partial charge is 0.496 e. The minimum atomic E-state index is -0.795. The van der Waals surface area contributed by atoms with Crippen LogP contribution in [0.3, 0.4) is 0 Å². The molecule has 0 aliphatic heterocycles. The first-order valence-electron chi connectivity index (χ1n) is 8.51. The summed E-state index contributed by atoms with van der Waals surface area (Å²) in [4.78, 5) is 22.6. The van der Waals surface area contributed by atoms with Crippen LogP contribution in [-0.2, 0) is 4.79 Å². The molecule has 0 heterocycles. The van der Waals surface area contributed by atoms with Crippen molar-refractivity contribution in [3.05, 3.63) is 57.1 Å². The van der Waals surface area contributed by atoms with Gasteiger partial charge in [-0.1, -0.05) is 11.6 Å². The first-order valence-corrected chi connectivity index (χ1v) is 8.89. The molecule has 0 fully saturated rings. The Morgan fingerprint density at radius 3 is 2.45 bits per heavy atom. The van der Waals surface area contributed by atoms with Crippen LogP contribution in [0.1, 0.15) is 19.4 Å². The van der Waals surface area contributed by atoms with Crippen LogP contribution in [0.2, 0.25) is 5.02 Å². The van der Waals surface area contributed by atoms with Crippen molar-refractivity contribution in [1.82, 2.24) is 0 Å². The Kier molecular flexibility index (Phi) is 7.44. The summed E-state index contributed by atoms with van der Waals surface area (Å²) in [7, 11) is 2.85. The van der Waals surface area contributed by atoms with Crippen LogP contribution < -0.4 is 18.9 Å². The number of carbonyl (C=O) groups excluding carboxylic acids is 1. The van der Waals surface area contributed by atoms with Gasteiger partial charge in [0.2, 0.25) is 5.75 Å². The lowest BCUT2D eigenvalue weighted by Crippen LogP contribution is -2.07. The van der Waals surface area contributed by atoms with E-state index in [0.29, 0.717) is 22.1 Å². The lowest BCUT2D eigenvalue weighted by atomic mass is 10.2. The number of hydrogen-bond acceptors (Lipinski definition) is 7. The zero-order chi connectivity index (χ0) is 21.6. The van der Waals surface area contributed by atoms with Crippen LogP contribution in [0, 0.1) is 10.1 Å². The normalized spacial score (nSPS) is 10.8. The molecule has 0 atom stereocenters. The van der Waals surface area contributed by atoms with Gasteiger partial charge in [0, 0.05) is 6.08 Å². The van der Waals surface area contributed by atoms with Gasteiger partial charge in [0.25, 0.3) is 0 Å². The Bertz CT molecular complexity index is 941. The van der Waals surface area contributed by atoms with Gasteiger partial charge in [-0.3, -0.25) is 10.1 Å². The van der Waals surface area contributed by atoms with Gasteiger partial charge in [0.1, 0.15) is 5.75 Å². The second-order valence-corrected chi connectivity index (χ2v) is 6.45. The molecule has 0 amide bonds. The number of methoxy groups -OCH3 is 2. The second kappa shape index (κ2) is 9.79. The molecule has 0 spiro atoms. The van der Waals surface area contributed by atoms with E-state index < -0.39 is 10.9 Å². The number of nitro benzene ring substituents is 1. The molecule has 0 aromatic heterocycles. The van der Waals surface area contributed by atoms with E-state index in [2.05, 4.69) is 0 Å². The Balaban J connectivity index is 2.21. The Labute approximate surface area is 172 Å². The fourth-order valence-electron chi connectivity index (χ4n) is 2.35. The van der Waals surface area contributed by atoms with Crippen molar-refractivity contribution >= 4 is 29.3 Å². The summed E-state index contributed by atoms with van der Waals surface area (Å²) in [6.45, 7) is 3.72. The maximum absolute atomic E-state index is 12.1. The number of nitro groups is 1. The monoisotopic (exact) mass is 421 g/mol. The first kappa shape index (κ1) is 22.0. The summed E-state index contributed by atoms with van der Waals surface area (Å²) in [5.41, 5.74) is 0.176. The van der Waals surface area contributed by atoms with Crippen molar-refractivity contribution in [3.63, 3.8) is 0 Å². The van der Waals surface area contributed by atoms with E-state index in [0.717, 1.165) is 6.08 Å². The van der Waals surface area contributed by atoms with Gasteiger partial charge < -0.3 is 18.9 Å². The first-order chi connectivity index (χ1) is 13.7. The van der Waals surface area contributed by atoms with E-state index in [-0.39, 0.29) is 23.3 Å². The van der Waals surface area contributed by atoms with Gasteiger partial charge in [-0.25, -0.2) is 4.79 Å². The highest BCUT2D eigenvalue weighted by Gasteiger charge is 2.19. The van der Waals surface area contributed by atoms with E-state index in [1.54, 1.807) is 12.1 Å². The van der Waals surface area contributed by atoms with Crippen molar-refractivity contribution < 1.29 is 28.7 Å². The van der Waals surface area contributed by atoms with Crippen LogP contribution in [0.15, 0.2) is 36.4 Å². The molecule has 2 rings (SSSR count). The van der Waals surface area contributed by atoms with Crippen molar-refractivity contribution in [2.75, 3.05) is 14.2 Å². The van der Waals surface area contributed by atoms with E-state index in [9.17, 15) is 14.9 Å². The molecule has 0 aliphatic rings. The molecule has 0 saturated carbocycles. The van der Waals surface area contributed by atoms with Crippen LogP contribution in [0.5, 0.6) is 23.0 Å². The number of rotatable bonds is 8. The fourth-order valence-corrected chi connectivity index (χ4v) is 2.61. The molecule has 154 valence electrons. The molecule has 0 bridgehead atoms. The number of nitrogens with zero attached hydrogens (tertiary/aromatic N) is 1. The molecule has 2 aromatic carbocycles. The summed E-state index contributed by atoms with van der Waals surface area (Å²) in [5, 5.41) is 11.5. The molecule has 0 unspecified atom stereocenters. The number of ether oxygens (including phenoxy) is 4. The Morgan fingerprint density at radius 1 is 1.14 bits per heavy atom. The highest BCUT2D eigenvalue weighted by molar-refractivity contribution is 6.32. The molecule has 8 nitrogen and oxygen atoms in total. The highest BCUT2D eigenvalue weighted by Crippen LogP contribution is 2.37.